The molecule has 0 bridgehead atoms. The van der Waals surface area contributed by atoms with Crippen molar-refractivity contribution in [1.82, 2.24) is 14.1 Å². The topological polar surface area (TPSA) is 22.8 Å². The fourth-order valence-electron chi connectivity index (χ4n) is 7.93. The van der Waals surface area contributed by atoms with Crippen molar-refractivity contribution >= 4 is 32.8 Å². The lowest BCUT2D eigenvalue weighted by atomic mass is 9.73. The second kappa shape index (κ2) is 7.65. The van der Waals surface area contributed by atoms with Crippen LogP contribution in [0.4, 0.5) is 0 Å². The number of rotatable bonds is 1. The van der Waals surface area contributed by atoms with Gasteiger partial charge < -0.3 is 4.57 Å². The number of nitrogens with zero attached hydrogens (tertiary/aromatic N) is 3. The summed E-state index contributed by atoms with van der Waals surface area (Å²) >= 11 is 0. The molecular weight excluding hydrogens is 510 g/mol. The van der Waals surface area contributed by atoms with Gasteiger partial charge in [-0.3, -0.25) is 4.57 Å². The third-order valence-electron chi connectivity index (χ3n) is 9.56. The number of hydrogen-bond donors (Lipinski definition) is 0. The van der Waals surface area contributed by atoms with Gasteiger partial charge in [0.15, 0.2) is 0 Å². The minimum absolute atomic E-state index is 0.507. The van der Waals surface area contributed by atoms with Crippen molar-refractivity contribution in [1.29, 1.82) is 0 Å². The van der Waals surface area contributed by atoms with Gasteiger partial charge in [0.05, 0.1) is 27.8 Å². The molecule has 2 aliphatic rings. The van der Waals surface area contributed by atoms with E-state index in [1.165, 1.54) is 66.6 Å². The maximum atomic E-state index is 5.40. The summed E-state index contributed by atoms with van der Waals surface area (Å²) in [5.74, 6) is 1.08. The molecule has 10 rings (SSSR count). The molecule has 196 valence electrons. The van der Waals surface area contributed by atoms with Crippen molar-refractivity contribution in [2.75, 3.05) is 0 Å². The van der Waals surface area contributed by atoms with Crippen molar-refractivity contribution in [2.45, 2.75) is 12.3 Å². The number of aromatic nitrogens is 3. The fourth-order valence-corrected chi connectivity index (χ4v) is 7.93. The van der Waals surface area contributed by atoms with Crippen molar-refractivity contribution < 1.29 is 0 Å². The third kappa shape index (κ3) is 2.51. The van der Waals surface area contributed by atoms with Crippen LogP contribution in [0.15, 0.2) is 133 Å². The summed E-state index contributed by atoms with van der Waals surface area (Å²) in [4.78, 5) is 5.40. The molecule has 1 aliphatic heterocycles. The van der Waals surface area contributed by atoms with Crippen LogP contribution in [0.2, 0.25) is 0 Å². The molecule has 42 heavy (non-hydrogen) atoms. The Kier molecular flexibility index (Phi) is 4.06. The van der Waals surface area contributed by atoms with Gasteiger partial charge in [-0.15, -0.1) is 0 Å². The van der Waals surface area contributed by atoms with Gasteiger partial charge in [0.2, 0.25) is 0 Å². The van der Waals surface area contributed by atoms with Crippen LogP contribution in [0, 0.1) is 6.92 Å². The quantitative estimate of drug-likeness (QED) is 0.206. The van der Waals surface area contributed by atoms with Gasteiger partial charge in [-0.05, 0) is 77.7 Å². The molecular formula is C39H25N3. The Morgan fingerprint density at radius 2 is 1.19 bits per heavy atom. The van der Waals surface area contributed by atoms with E-state index in [9.17, 15) is 0 Å². The van der Waals surface area contributed by atoms with E-state index >= 15 is 0 Å². The summed E-state index contributed by atoms with van der Waals surface area (Å²) in [6, 6.07) is 49.0. The first-order valence-electron chi connectivity index (χ1n) is 14.6. The number of hydrogen-bond acceptors (Lipinski definition) is 1. The molecule has 8 aromatic rings. The standard InChI is InChI=1S/C39H25N3/c1-24-18-20-35-29(22-24)28-12-4-8-16-34(28)41(35)25-19-21-36-32(23-25)39(38-40-33-15-7-9-17-37(33)42(36)38)30-13-5-2-10-26(30)27-11-3-6-14-31(27)39/h2-23H,1H3. The number of para-hydroxylation sites is 3. The Morgan fingerprint density at radius 1 is 0.524 bits per heavy atom. The van der Waals surface area contributed by atoms with E-state index in [4.69, 9.17) is 4.98 Å². The molecule has 0 saturated carbocycles. The minimum atomic E-state index is -0.507. The molecule has 0 saturated heterocycles. The minimum Gasteiger partial charge on any atom is -0.309 e. The Labute approximate surface area is 242 Å². The molecule has 1 spiro atoms. The Morgan fingerprint density at radius 3 is 2.00 bits per heavy atom. The lowest BCUT2D eigenvalue weighted by molar-refractivity contribution is 0.737. The highest BCUT2D eigenvalue weighted by atomic mass is 15.1. The average molecular weight is 536 g/mol. The van der Waals surface area contributed by atoms with Gasteiger partial charge in [0.1, 0.15) is 11.2 Å². The highest BCUT2D eigenvalue weighted by Crippen LogP contribution is 2.60. The van der Waals surface area contributed by atoms with E-state index in [1.54, 1.807) is 0 Å². The van der Waals surface area contributed by atoms with Crippen molar-refractivity contribution in [3.63, 3.8) is 0 Å². The molecule has 0 unspecified atom stereocenters. The molecule has 3 nitrogen and oxygen atoms in total. The molecule has 3 heterocycles. The van der Waals surface area contributed by atoms with Crippen molar-refractivity contribution in [3.8, 4) is 22.5 Å². The molecule has 1 aliphatic carbocycles. The van der Waals surface area contributed by atoms with E-state index in [0.717, 1.165) is 16.9 Å². The normalized spacial score (nSPS) is 14.0. The summed E-state index contributed by atoms with van der Waals surface area (Å²) in [6.45, 7) is 2.17. The second-order valence-electron chi connectivity index (χ2n) is 11.7. The first kappa shape index (κ1) is 22.3. The third-order valence-corrected chi connectivity index (χ3v) is 9.56. The van der Waals surface area contributed by atoms with Crippen LogP contribution in [-0.4, -0.2) is 14.1 Å². The zero-order valence-electron chi connectivity index (χ0n) is 23.0. The Balaban J connectivity index is 1.37. The van der Waals surface area contributed by atoms with Crippen LogP contribution in [0.3, 0.4) is 0 Å². The first-order valence-corrected chi connectivity index (χ1v) is 14.6. The molecule has 0 radical (unpaired) electrons. The molecule has 0 fully saturated rings. The van der Waals surface area contributed by atoms with E-state index in [2.05, 4.69) is 150 Å². The SMILES string of the molecule is Cc1ccc2c(c1)c1ccccc1n2-c1ccc2c(c1)C1(c3ccccc3-c3ccccc31)c1nc3ccccc3n1-2. The smallest absolute Gasteiger partial charge is 0.134 e. The zero-order valence-corrected chi connectivity index (χ0v) is 23.0. The Hall–Kier alpha value is -5.41. The van der Waals surface area contributed by atoms with Crippen LogP contribution in [-0.2, 0) is 5.41 Å². The van der Waals surface area contributed by atoms with E-state index in [-0.39, 0.29) is 0 Å². The largest absolute Gasteiger partial charge is 0.309 e. The maximum Gasteiger partial charge on any atom is 0.134 e. The molecule has 0 atom stereocenters. The van der Waals surface area contributed by atoms with Gasteiger partial charge in [0, 0.05) is 22.0 Å². The predicted molar refractivity (Wildman–Crippen MR) is 171 cm³/mol. The van der Waals surface area contributed by atoms with Crippen LogP contribution < -0.4 is 0 Å². The predicted octanol–water partition coefficient (Wildman–Crippen LogP) is 9.11. The second-order valence-corrected chi connectivity index (χ2v) is 11.7. The van der Waals surface area contributed by atoms with E-state index in [1.807, 2.05) is 0 Å². The zero-order chi connectivity index (χ0) is 27.6. The van der Waals surface area contributed by atoms with Crippen LogP contribution in [0.5, 0.6) is 0 Å². The van der Waals surface area contributed by atoms with Crippen LogP contribution >= 0.6 is 0 Å². The fraction of sp³-hybridized carbons (Fsp3) is 0.0513. The van der Waals surface area contributed by atoms with Crippen molar-refractivity contribution in [3.05, 3.63) is 162 Å². The highest BCUT2D eigenvalue weighted by Gasteiger charge is 2.54. The van der Waals surface area contributed by atoms with Gasteiger partial charge >= 0.3 is 0 Å². The highest BCUT2D eigenvalue weighted by molar-refractivity contribution is 6.09. The summed E-state index contributed by atoms with van der Waals surface area (Å²) < 4.78 is 4.84. The molecule has 0 N–H and O–H groups in total. The monoisotopic (exact) mass is 535 g/mol. The first-order chi connectivity index (χ1) is 20.7. The molecule has 0 amide bonds. The van der Waals surface area contributed by atoms with Gasteiger partial charge in [-0.2, -0.15) is 0 Å². The number of aryl methyl sites for hydroxylation is 1. The summed E-state index contributed by atoms with van der Waals surface area (Å²) in [6.07, 6.45) is 0. The van der Waals surface area contributed by atoms with Crippen LogP contribution in [0.25, 0.3) is 55.3 Å². The van der Waals surface area contributed by atoms with Gasteiger partial charge in [-0.1, -0.05) is 90.5 Å². The van der Waals surface area contributed by atoms with Gasteiger partial charge in [0.25, 0.3) is 0 Å². The number of benzene rings is 6. The van der Waals surface area contributed by atoms with E-state index < -0.39 is 5.41 Å². The maximum absolute atomic E-state index is 5.40. The lowest BCUT2D eigenvalue weighted by Crippen LogP contribution is -2.27. The molecule has 6 aromatic carbocycles. The molecule has 3 heteroatoms. The summed E-state index contributed by atoms with van der Waals surface area (Å²) in [5.41, 5.74) is 14.2. The lowest BCUT2D eigenvalue weighted by Gasteiger charge is -2.27. The number of imidazole rings is 1. The Bertz CT molecular complexity index is 2390. The summed E-state index contributed by atoms with van der Waals surface area (Å²) in [5, 5.41) is 2.57. The van der Waals surface area contributed by atoms with Crippen LogP contribution in [0.1, 0.15) is 28.1 Å². The van der Waals surface area contributed by atoms with Gasteiger partial charge in [-0.25, -0.2) is 4.98 Å². The average Bonchev–Trinajstić information content (AvgIpc) is 3.74. The number of fused-ring (bicyclic) bond motifs is 15. The summed E-state index contributed by atoms with van der Waals surface area (Å²) in [7, 11) is 0. The van der Waals surface area contributed by atoms with Crippen molar-refractivity contribution in [2.24, 2.45) is 0 Å². The van der Waals surface area contributed by atoms with E-state index in [0.29, 0.717) is 0 Å². The molecule has 2 aromatic heterocycles.